The molecule has 15 heteroatoms. The van der Waals surface area contributed by atoms with Gasteiger partial charge in [0.1, 0.15) is 12.1 Å². The quantitative estimate of drug-likeness (QED) is 0.0464. The minimum atomic E-state index is -1.32. The molecule has 48 heavy (non-hydrogen) atoms. The number of rotatable bonds is 23. The Balaban J connectivity index is 3.26. The molecule has 5 atom stereocenters. The van der Waals surface area contributed by atoms with Crippen LogP contribution in [0.5, 0.6) is 0 Å². The van der Waals surface area contributed by atoms with Gasteiger partial charge in [0.2, 0.25) is 35.2 Å². The van der Waals surface area contributed by atoms with Gasteiger partial charge in [0.05, 0.1) is 19.2 Å². The van der Waals surface area contributed by atoms with E-state index < -0.39 is 71.4 Å². The van der Waals surface area contributed by atoms with Gasteiger partial charge < -0.3 is 37.4 Å². The predicted molar refractivity (Wildman–Crippen MR) is 177 cm³/mol. The van der Waals surface area contributed by atoms with Crippen molar-refractivity contribution in [2.45, 2.75) is 96.4 Å². The molecule has 1 rings (SSSR count). The van der Waals surface area contributed by atoms with Crippen molar-refractivity contribution in [3.8, 4) is 0 Å². The third-order valence-electron chi connectivity index (χ3n) is 7.21. The zero-order valence-electron chi connectivity index (χ0n) is 28.2. The molecule has 0 spiro atoms. The fourth-order valence-corrected chi connectivity index (χ4v) is 4.59. The van der Waals surface area contributed by atoms with Crippen LogP contribution in [0.4, 0.5) is 0 Å². The normalized spacial score (nSPS) is 14.5. The van der Waals surface area contributed by atoms with Crippen LogP contribution in [-0.4, -0.2) is 83.6 Å². The van der Waals surface area contributed by atoms with E-state index in [4.69, 9.17) is 21.4 Å². The van der Waals surface area contributed by atoms with Gasteiger partial charge in [0, 0.05) is 25.3 Å². The van der Waals surface area contributed by atoms with E-state index >= 15 is 0 Å². The standard InChI is InChI=1S/C33H50N6O9/c1-19(2)17-25(38-33(47)29(20(3)4)39-48-5)32(46)37-24(18-21-9-7-6-8-10-21)30(44)26(40)14-11-22(12-15-27(35)41)36-31(45)23(34)13-16-28(42)43/h6-11,14,19-20,22-25,29,39H,12-13,15-18,34H2,1-5H3,(H2,35,41)(H,36,45)(H,37,46)(H,38,47)(H,42,43)/b14-11+/t22-,23-,24+,25+,29+/m1/s1. The van der Waals surface area contributed by atoms with Crippen LogP contribution in [0.25, 0.3) is 0 Å². The molecule has 0 aliphatic heterocycles. The van der Waals surface area contributed by atoms with E-state index in [1.807, 2.05) is 13.8 Å². The molecule has 266 valence electrons. The largest absolute Gasteiger partial charge is 0.481 e. The Labute approximate surface area is 280 Å². The lowest BCUT2D eigenvalue weighted by Crippen LogP contribution is -2.57. The van der Waals surface area contributed by atoms with Gasteiger partial charge in [-0.1, -0.05) is 64.1 Å². The molecular formula is C33H50N6O9. The molecule has 1 aromatic rings. The van der Waals surface area contributed by atoms with Crippen LogP contribution < -0.4 is 32.9 Å². The highest BCUT2D eigenvalue weighted by Gasteiger charge is 2.32. The Morgan fingerprint density at radius 1 is 0.854 bits per heavy atom. The van der Waals surface area contributed by atoms with Crippen LogP contribution in [0, 0.1) is 11.8 Å². The van der Waals surface area contributed by atoms with Crippen LogP contribution in [0.3, 0.4) is 0 Å². The van der Waals surface area contributed by atoms with Gasteiger partial charge in [-0.05, 0) is 42.7 Å². The molecular weight excluding hydrogens is 624 g/mol. The van der Waals surface area contributed by atoms with Crippen molar-refractivity contribution in [2.75, 3.05) is 7.11 Å². The van der Waals surface area contributed by atoms with Crippen molar-refractivity contribution < 1.29 is 43.5 Å². The lowest BCUT2D eigenvalue weighted by molar-refractivity contribution is -0.137. The fraction of sp³-hybridized carbons (Fsp3) is 0.545. The second-order valence-electron chi connectivity index (χ2n) is 12.2. The van der Waals surface area contributed by atoms with Gasteiger partial charge >= 0.3 is 5.97 Å². The molecule has 0 bridgehead atoms. The lowest BCUT2D eigenvalue weighted by atomic mass is 9.97. The number of allylic oxidation sites excluding steroid dienone is 1. The number of primary amides is 1. The second-order valence-corrected chi connectivity index (χ2v) is 12.2. The topological polar surface area (TPSA) is 249 Å². The van der Waals surface area contributed by atoms with Crippen LogP contribution in [0.1, 0.15) is 65.4 Å². The maximum atomic E-state index is 13.6. The van der Waals surface area contributed by atoms with Gasteiger partial charge in [-0.25, -0.2) is 0 Å². The number of Topliss-reactive ketones (excluding diaryl/α,β-unsaturated/α-hetero) is 1. The summed E-state index contributed by atoms with van der Waals surface area (Å²) >= 11 is 0. The van der Waals surface area contributed by atoms with E-state index in [2.05, 4.69) is 21.4 Å². The van der Waals surface area contributed by atoms with Crippen molar-refractivity contribution in [1.82, 2.24) is 21.4 Å². The van der Waals surface area contributed by atoms with Gasteiger partial charge in [-0.15, -0.1) is 0 Å². The number of hydroxylamine groups is 1. The smallest absolute Gasteiger partial charge is 0.303 e. The number of benzene rings is 1. The molecule has 0 heterocycles. The number of nitrogens with one attached hydrogen (secondary N) is 4. The summed E-state index contributed by atoms with van der Waals surface area (Å²) < 4.78 is 0. The summed E-state index contributed by atoms with van der Waals surface area (Å²) in [5.41, 5.74) is 14.3. The van der Waals surface area contributed by atoms with Crippen molar-refractivity contribution in [3.05, 3.63) is 48.0 Å². The number of ketones is 2. The van der Waals surface area contributed by atoms with Crippen LogP contribution in [0.15, 0.2) is 42.5 Å². The van der Waals surface area contributed by atoms with Crippen molar-refractivity contribution in [1.29, 1.82) is 0 Å². The molecule has 0 radical (unpaired) electrons. The van der Waals surface area contributed by atoms with Gasteiger partial charge in [-0.2, -0.15) is 5.48 Å². The van der Waals surface area contributed by atoms with Gasteiger partial charge in [-0.3, -0.25) is 33.6 Å². The minimum Gasteiger partial charge on any atom is -0.481 e. The average Bonchev–Trinajstić information content (AvgIpc) is 3.02. The molecule has 15 nitrogen and oxygen atoms in total. The fourth-order valence-electron chi connectivity index (χ4n) is 4.59. The number of aliphatic carboxylic acids is 1. The third-order valence-corrected chi connectivity index (χ3v) is 7.21. The molecule has 0 aromatic heterocycles. The number of nitrogens with two attached hydrogens (primary N) is 2. The Bertz CT molecular complexity index is 1290. The molecule has 0 aliphatic rings. The lowest BCUT2D eigenvalue weighted by Gasteiger charge is -2.27. The number of hydrogen-bond donors (Lipinski definition) is 7. The highest BCUT2D eigenvalue weighted by molar-refractivity contribution is 6.43. The van der Waals surface area contributed by atoms with Crippen LogP contribution in [0.2, 0.25) is 0 Å². The Morgan fingerprint density at radius 2 is 1.48 bits per heavy atom. The van der Waals surface area contributed by atoms with Crippen LogP contribution >= 0.6 is 0 Å². The maximum Gasteiger partial charge on any atom is 0.303 e. The Morgan fingerprint density at radius 3 is 2.02 bits per heavy atom. The number of hydrogen-bond acceptors (Lipinski definition) is 10. The highest BCUT2D eigenvalue weighted by Crippen LogP contribution is 2.11. The van der Waals surface area contributed by atoms with Gasteiger partial charge in [0.15, 0.2) is 0 Å². The molecule has 0 saturated heterocycles. The summed E-state index contributed by atoms with van der Waals surface area (Å²) in [4.78, 5) is 93.1. The highest BCUT2D eigenvalue weighted by atomic mass is 16.6. The molecule has 4 amide bonds. The second kappa shape index (κ2) is 21.4. The molecule has 0 saturated carbocycles. The summed E-state index contributed by atoms with van der Waals surface area (Å²) in [7, 11) is 1.37. The van der Waals surface area contributed by atoms with Crippen molar-refractivity contribution in [2.24, 2.45) is 23.3 Å². The minimum absolute atomic E-state index is 0.0217. The Hall–Kier alpha value is -4.47. The first-order valence-electron chi connectivity index (χ1n) is 15.8. The SMILES string of the molecule is CON[C@H](C(=O)N[C@@H](CC(C)C)C(=O)N[C@@H](Cc1ccccc1)C(=O)C(=O)/C=C/[C@H](CCC(N)=O)NC(=O)[C@H](N)CCC(=O)O)C(C)C. The van der Waals surface area contributed by atoms with E-state index in [1.165, 1.54) is 13.2 Å². The first-order valence-corrected chi connectivity index (χ1v) is 15.8. The van der Waals surface area contributed by atoms with Crippen LogP contribution in [-0.2, 0) is 44.8 Å². The number of amides is 4. The van der Waals surface area contributed by atoms with E-state index in [0.29, 0.717) is 5.56 Å². The number of carbonyl (C=O) groups excluding carboxylic acids is 6. The summed E-state index contributed by atoms with van der Waals surface area (Å²) in [5.74, 6) is -5.84. The van der Waals surface area contributed by atoms with Crippen molar-refractivity contribution >= 4 is 41.2 Å². The van der Waals surface area contributed by atoms with E-state index in [9.17, 15) is 33.6 Å². The number of carboxylic acids is 1. The summed E-state index contributed by atoms with van der Waals surface area (Å²) in [5, 5.41) is 16.8. The van der Waals surface area contributed by atoms with E-state index in [0.717, 1.165) is 6.08 Å². The third kappa shape index (κ3) is 15.9. The summed E-state index contributed by atoms with van der Waals surface area (Å²) in [6.07, 6.45) is 1.66. The monoisotopic (exact) mass is 674 g/mol. The zero-order valence-corrected chi connectivity index (χ0v) is 28.2. The number of carboxylic acid groups (broad SMARTS) is 1. The number of carbonyl (C=O) groups is 7. The predicted octanol–water partition coefficient (Wildman–Crippen LogP) is 0.0572. The molecule has 0 unspecified atom stereocenters. The van der Waals surface area contributed by atoms with E-state index in [1.54, 1.807) is 44.2 Å². The maximum absolute atomic E-state index is 13.6. The zero-order chi connectivity index (χ0) is 36.4. The molecule has 1 aromatic carbocycles. The first-order chi connectivity index (χ1) is 22.5. The summed E-state index contributed by atoms with van der Waals surface area (Å²) in [6.45, 7) is 7.35. The van der Waals surface area contributed by atoms with E-state index in [-0.39, 0.29) is 50.4 Å². The summed E-state index contributed by atoms with van der Waals surface area (Å²) in [6, 6.07) is 3.48. The first kappa shape index (κ1) is 41.6. The molecule has 0 aliphatic carbocycles. The van der Waals surface area contributed by atoms with Crippen molar-refractivity contribution in [3.63, 3.8) is 0 Å². The molecule has 0 fully saturated rings. The van der Waals surface area contributed by atoms with Gasteiger partial charge in [0.25, 0.3) is 0 Å². The molecule has 9 N–H and O–H groups in total. The average molecular weight is 675 g/mol. The Kier molecular flexibility index (Phi) is 18.5.